The lowest BCUT2D eigenvalue weighted by molar-refractivity contribution is 0.463. The summed E-state index contributed by atoms with van der Waals surface area (Å²) in [6, 6.07) is 9.48. The van der Waals surface area contributed by atoms with E-state index in [0.717, 1.165) is 5.75 Å². The highest BCUT2D eigenvalue weighted by Gasteiger charge is 2.04. The van der Waals surface area contributed by atoms with Crippen LogP contribution in [-0.2, 0) is 0 Å². The van der Waals surface area contributed by atoms with Gasteiger partial charge >= 0.3 is 0 Å². The first-order valence-electron chi connectivity index (χ1n) is 5.79. The predicted molar refractivity (Wildman–Crippen MR) is 74.2 cm³/mol. The van der Waals surface area contributed by atoms with Gasteiger partial charge in [0.15, 0.2) is 5.82 Å². The molecule has 94 valence electrons. The van der Waals surface area contributed by atoms with E-state index in [0.29, 0.717) is 17.4 Å². The molecule has 0 radical (unpaired) electrons. The number of hydrogen-bond donors (Lipinski definition) is 2. The second kappa shape index (κ2) is 4.96. The van der Waals surface area contributed by atoms with E-state index >= 15 is 0 Å². The maximum absolute atomic E-state index is 5.76. The lowest BCUT2D eigenvalue weighted by Crippen LogP contribution is -1.99. The van der Waals surface area contributed by atoms with Crippen LogP contribution in [0.4, 0.5) is 11.5 Å². The van der Waals surface area contributed by atoms with Gasteiger partial charge in [0, 0.05) is 13.1 Å². The molecule has 0 atom stereocenters. The number of aromatic nitrogens is 1. The summed E-state index contributed by atoms with van der Waals surface area (Å²) in [6.07, 6.45) is 0. The molecular weight excluding hydrogens is 226 g/mol. The number of nitrogen functional groups attached to an aromatic ring is 1. The van der Waals surface area contributed by atoms with Crippen molar-refractivity contribution in [2.24, 2.45) is 0 Å². The van der Waals surface area contributed by atoms with Gasteiger partial charge in [-0.25, -0.2) is 0 Å². The van der Waals surface area contributed by atoms with Gasteiger partial charge in [-0.2, -0.15) is 4.98 Å². The fourth-order valence-corrected chi connectivity index (χ4v) is 1.61. The Kier molecular flexibility index (Phi) is 3.37. The molecule has 0 aliphatic carbocycles. The van der Waals surface area contributed by atoms with E-state index in [4.69, 9.17) is 10.5 Å². The minimum atomic E-state index is 0.525. The molecule has 0 fully saturated rings. The summed E-state index contributed by atoms with van der Waals surface area (Å²) in [4.78, 5) is 4.28. The van der Waals surface area contributed by atoms with Gasteiger partial charge in [0.05, 0.1) is 5.69 Å². The molecule has 2 aromatic rings. The van der Waals surface area contributed by atoms with E-state index in [9.17, 15) is 0 Å². The summed E-state index contributed by atoms with van der Waals surface area (Å²) in [5.74, 6) is 1.92. The Hall–Kier alpha value is -2.23. The summed E-state index contributed by atoms with van der Waals surface area (Å²) >= 11 is 0. The monoisotopic (exact) mass is 243 g/mol. The van der Waals surface area contributed by atoms with Crippen molar-refractivity contribution in [3.05, 3.63) is 41.5 Å². The van der Waals surface area contributed by atoms with E-state index in [-0.39, 0.29) is 0 Å². The maximum Gasteiger partial charge on any atom is 0.221 e. The van der Waals surface area contributed by atoms with Crippen LogP contribution in [0.3, 0.4) is 0 Å². The van der Waals surface area contributed by atoms with E-state index in [1.54, 1.807) is 19.2 Å². The molecule has 4 heteroatoms. The highest BCUT2D eigenvalue weighted by Crippen LogP contribution is 2.25. The Balaban J connectivity index is 2.25. The van der Waals surface area contributed by atoms with Crippen LogP contribution in [0.1, 0.15) is 11.1 Å². The standard InChI is InChI=1S/C14H17N3O/c1-9-4-5-11(8-10(9)2)18-13-7-6-12(15)14(16-3)17-13/h4-8H,15H2,1-3H3,(H,16,17). The quantitative estimate of drug-likeness (QED) is 0.869. The number of nitrogens with one attached hydrogen (secondary N) is 1. The summed E-state index contributed by atoms with van der Waals surface area (Å²) in [5.41, 5.74) is 8.79. The molecule has 18 heavy (non-hydrogen) atoms. The molecule has 2 rings (SSSR count). The van der Waals surface area contributed by atoms with E-state index in [2.05, 4.69) is 24.1 Å². The summed E-state index contributed by atoms with van der Waals surface area (Å²) < 4.78 is 5.70. The first kappa shape index (κ1) is 12.2. The van der Waals surface area contributed by atoms with E-state index in [1.165, 1.54) is 11.1 Å². The molecule has 3 N–H and O–H groups in total. The molecule has 0 saturated heterocycles. The van der Waals surface area contributed by atoms with Crippen LogP contribution in [0, 0.1) is 13.8 Å². The van der Waals surface area contributed by atoms with Crippen LogP contribution >= 0.6 is 0 Å². The van der Waals surface area contributed by atoms with Crippen LogP contribution in [0.15, 0.2) is 30.3 Å². The summed E-state index contributed by atoms with van der Waals surface area (Å²) in [5, 5.41) is 2.93. The molecule has 0 bridgehead atoms. The number of nitrogens with two attached hydrogens (primary N) is 1. The third kappa shape index (κ3) is 2.53. The third-order valence-corrected chi connectivity index (χ3v) is 2.84. The molecule has 1 aromatic heterocycles. The fourth-order valence-electron chi connectivity index (χ4n) is 1.61. The van der Waals surface area contributed by atoms with E-state index < -0.39 is 0 Å². The normalized spacial score (nSPS) is 10.2. The van der Waals surface area contributed by atoms with Crippen LogP contribution in [0.2, 0.25) is 0 Å². The van der Waals surface area contributed by atoms with E-state index in [1.807, 2.05) is 18.2 Å². The van der Waals surface area contributed by atoms with Gasteiger partial charge in [0.1, 0.15) is 5.75 Å². The zero-order valence-corrected chi connectivity index (χ0v) is 10.8. The average Bonchev–Trinajstić information content (AvgIpc) is 2.36. The van der Waals surface area contributed by atoms with Crippen LogP contribution in [-0.4, -0.2) is 12.0 Å². The SMILES string of the molecule is CNc1nc(Oc2ccc(C)c(C)c2)ccc1N. The van der Waals surface area contributed by atoms with Crippen LogP contribution < -0.4 is 15.8 Å². The molecular formula is C14H17N3O. The predicted octanol–water partition coefficient (Wildman–Crippen LogP) is 3.11. The first-order valence-corrected chi connectivity index (χ1v) is 5.79. The average molecular weight is 243 g/mol. The second-order valence-electron chi connectivity index (χ2n) is 4.19. The Morgan fingerprint density at radius 3 is 2.56 bits per heavy atom. The van der Waals surface area contributed by atoms with Crippen molar-refractivity contribution in [2.45, 2.75) is 13.8 Å². The number of benzene rings is 1. The second-order valence-corrected chi connectivity index (χ2v) is 4.19. The van der Waals surface area contributed by atoms with Gasteiger partial charge < -0.3 is 15.8 Å². The van der Waals surface area contributed by atoms with Crippen molar-refractivity contribution in [1.82, 2.24) is 4.98 Å². The third-order valence-electron chi connectivity index (χ3n) is 2.84. The highest BCUT2D eigenvalue weighted by molar-refractivity contribution is 5.61. The van der Waals surface area contributed by atoms with Crippen LogP contribution in [0.25, 0.3) is 0 Å². The fraction of sp³-hybridized carbons (Fsp3) is 0.214. The van der Waals surface area contributed by atoms with Gasteiger partial charge in [-0.3, -0.25) is 0 Å². The van der Waals surface area contributed by atoms with Gasteiger partial charge in [0.25, 0.3) is 0 Å². The zero-order valence-electron chi connectivity index (χ0n) is 10.8. The Bertz CT molecular complexity index is 567. The van der Waals surface area contributed by atoms with Gasteiger partial charge in [-0.05, 0) is 43.2 Å². The molecule has 0 aliphatic heterocycles. The van der Waals surface area contributed by atoms with Crippen molar-refractivity contribution >= 4 is 11.5 Å². The number of rotatable bonds is 3. The largest absolute Gasteiger partial charge is 0.439 e. The molecule has 1 aromatic carbocycles. The Morgan fingerprint density at radius 2 is 1.89 bits per heavy atom. The smallest absolute Gasteiger partial charge is 0.221 e. The molecule has 0 unspecified atom stereocenters. The molecule has 4 nitrogen and oxygen atoms in total. The Labute approximate surface area is 107 Å². The highest BCUT2D eigenvalue weighted by atomic mass is 16.5. The van der Waals surface area contributed by atoms with Gasteiger partial charge in [-0.15, -0.1) is 0 Å². The number of hydrogen-bond acceptors (Lipinski definition) is 4. The van der Waals surface area contributed by atoms with Crippen molar-refractivity contribution in [3.8, 4) is 11.6 Å². The minimum Gasteiger partial charge on any atom is -0.439 e. The van der Waals surface area contributed by atoms with Gasteiger partial charge in [-0.1, -0.05) is 6.07 Å². The summed E-state index contributed by atoms with van der Waals surface area (Å²) in [7, 11) is 1.78. The number of ether oxygens (including phenoxy) is 1. The number of nitrogens with zero attached hydrogens (tertiary/aromatic N) is 1. The zero-order chi connectivity index (χ0) is 13.1. The van der Waals surface area contributed by atoms with Crippen molar-refractivity contribution in [1.29, 1.82) is 0 Å². The molecule has 0 saturated carbocycles. The lowest BCUT2D eigenvalue weighted by Gasteiger charge is -2.09. The Morgan fingerprint density at radius 1 is 1.11 bits per heavy atom. The molecule has 0 aliphatic rings. The molecule has 0 amide bonds. The lowest BCUT2D eigenvalue weighted by atomic mass is 10.1. The number of aryl methyl sites for hydroxylation is 2. The topological polar surface area (TPSA) is 60.2 Å². The molecule has 0 spiro atoms. The summed E-state index contributed by atoms with van der Waals surface area (Å²) in [6.45, 7) is 4.12. The van der Waals surface area contributed by atoms with Crippen molar-refractivity contribution < 1.29 is 4.74 Å². The van der Waals surface area contributed by atoms with Gasteiger partial charge in [0.2, 0.25) is 5.88 Å². The van der Waals surface area contributed by atoms with Crippen molar-refractivity contribution in [3.63, 3.8) is 0 Å². The van der Waals surface area contributed by atoms with Crippen molar-refractivity contribution in [2.75, 3.05) is 18.1 Å². The number of pyridine rings is 1. The minimum absolute atomic E-state index is 0.525. The molecule has 1 heterocycles. The number of anilines is 2. The maximum atomic E-state index is 5.76. The first-order chi connectivity index (χ1) is 8.60. The van der Waals surface area contributed by atoms with Crippen LogP contribution in [0.5, 0.6) is 11.6 Å².